The van der Waals surface area contributed by atoms with Crippen molar-refractivity contribution in [3.05, 3.63) is 95.2 Å². The normalized spacial score (nSPS) is 11.3. The predicted octanol–water partition coefficient (Wildman–Crippen LogP) is 4.23. The number of hydrogen-bond donors (Lipinski definition) is 3. The topological polar surface area (TPSA) is 97.3 Å². The number of nitrogens with one attached hydrogen (secondary N) is 2. The lowest BCUT2D eigenvalue weighted by atomic mass is 10.1. The van der Waals surface area contributed by atoms with Gasteiger partial charge in [0.05, 0.1) is 6.21 Å². The molecular weight excluding hydrogens is 466 g/mol. The first kappa shape index (κ1) is 27.0. The highest BCUT2D eigenvalue weighted by Crippen LogP contribution is 2.23. The Hall–Kier alpha value is -4.59. The summed E-state index contributed by atoms with van der Waals surface area (Å²) in [5, 5.41) is 17.1. The SMILES string of the molecule is CCN(CC)c1ccc(C=NNC(=O)C(=Cc2ccc(N(C)C)cc2)NC(=O)c2ccccc2)c(O)c1. The van der Waals surface area contributed by atoms with E-state index in [0.717, 1.165) is 30.0 Å². The molecule has 0 fully saturated rings. The molecule has 0 aromatic heterocycles. The van der Waals surface area contributed by atoms with E-state index in [1.807, 2.05) is 69.2 Å². The monoisotopic (exact) mass is 499 g/mol. The third kappa shape index (κ3) is 7.44. The number of carbonyl (C=O) groups is 2. The molecule has 8 nitrogen and oxygen atoms in total. The van der Waals surface area contributed by atoms with Crippen molar-refractivity contribution in [2.45, 2.75) is 13.8 Å². The Balaban J connectivity index is 1.80. The number of hydrazone groups is 1. The van der Waals surface area contributed by atoms with Crippen molar-refractivity contribution < 1.29 is 14.7 Å². The van der Waals surface area contributed by atoms with Crippen molar-refractivity contribution in [1.29, 1.82) is 0 Å². The van der Waals surface area contributed by atoms with E-state index in [-0.39, 0.29) is 11.4 Å². The Morgan fingerprint density at radius 2 is 1.57 bits per heavy atom. The Bertz CT molecular complexity index is 1260. The molecule has 192 valence electrons. The van der Waals surface area contributed by atoms with E-state index in [9.17, 15) is 14.7 Å². The maximum atomic E-state index is 13.0. The molecule has 0 aliphatic heterocycles. The van der Waals surface area contributed by atoms with E-state index < -0.39 is 11.8 Å². The lowest BCUT2D eigenvalue weighted by molar-refractivity contribution is -0.117. The van der Waals surface area contributed by atoms with Crippen LogP contribution in [0.4, 0.5) is 11.4 Å². The van der Waals surface area contributed by atoms with Crippen LogP contribution in [0.5, 0.6) is 5.75 Å². The minimum atomic E-state index is -0.600. The maximum absolute atomic E-state index is 13.0. The molecule has 0 atom stereocenters. The van der Waals surface area contributed by atoms with Gasteiger partial charge in [0.25, 0.3) is 11.8 Å². The second kappa shape index (κ2) is 12.9. The van der Waals surface area contributed by atoms with E-state index in [0.29, 0.717) is 11.1 Å². The molecular formula is C29H33N5O3. The summed E-state index contributed by atoms with van der Waals surface area (Å²) in [6.45, 7) is 5.73. The molecule has 0 heterocycles. The number of carbonyl (C=O) groups excluding carboxylic acids is 2. The Labute approximate surface area is 217 Å². The molecule has 0 spiro atoms. The smallest absolute Gasteiger partial charge is 0.287 e. The molecule has 2 amide bonds. The highest BCUT2D eigenvalue weighted by molar-refractivity contribution is 6.05. The van der Waals surface area contributed by atoms with Crippen molar-refractivity contribution in [2.75, 3.05) is 37.0 Å². The van der Waals surface area contributed by atoms with Gasteiger partial charge in [0.2, 0.25) is 0 Å². The first-order valence-corrected chi connectivity index (χ1v) is 12.1. The Morgan fingerprint density at radius 1 is 0.919 bits per heavy atom. The Kier molecular flexibility index (Phi) is 9.43. The van der Waals surface area contributed by atoms with Crippen LogP contribution in [-0.4, -0.2) is 50.3 Å². The van der Waals surface area contributed by atoms with Gasteiger partial charge >= 0.3 is 0 Å². The molecule has 0 aliphatic rings. The van der Waals surface area contributed by atoms with Crippen molar-refractivity contribution in [1.82, 2.24) is 10.7 Å². The van der Waals surface area contributed by atoms with Crippen LogP contribution >= 0.6 is 0 Å². The van der Waals surface area contributed by atoms with Gasteiger partial charge in [0, 0.05) is 55.8 Å². The van der Waals surface area contributed by atoms with Gasteiger partial charge in [0.1, 0.15) is 11.4 Å². The molecule has 8 heteroatoms. The summed E-state index contributed by atoms with van der Waals surface area (Å²) in [4.78, 5) is 29.8. The van der Waals surface area contributed by atoms with Crippen LogP contribution in [0.1, 0.15) is 35.3 Å². The fourth-order valence-electron chi connectivity index (χ4n) is 3.63. The third-order valence-corrected chi connectivity index (χ3v) is 5.76. The van der Waals surface area contributed by atoms with Crippen LogP contribution < -0.4 is 20.5 Å². The fourth-order valence-corrected chi connectivity index (χ4v) is 3.63. The van der Waals surface area contributed by atoms with Crippen molar-refractivity contribution in [3.8, 4) is 5.75 Å². The average molecular weight is 500 g/mol. The lowest BCUT2D eigenvalue weighted by Gasteiger charge is -2.21. The number of hydrogen-bond acceptors (Lipinski definition) is 6. The van der Waals surface area contributed by atoms with Gasteiger partial charge in [0.15, 0.2) is 0 Å². The summed E-state index contributed by atoms with van der Waals surface area (Å²) in [5.41, 5.74) is 5.99. The zero-order valence-corrected chi connectivity index (χ0v) is 21.6. The van der Waals surface area contributed by atoms with E-state index in [1.165, 1.54) is 6.21 Å². The number of aromatic hydroxyl groups is 1. The summed E-state index contributed by atoms with van der Waals surface area (Å²) in [7, 11) is 3.88. The number of nitrogens with zero attached hydrogens (tertiary/aromatic N) is 3. The van der Waals surface area contributed by atoms with Gasteiger partial charge in [-0.15, -0.1) is 0 Å². The van der Waals surface area contributed by atoms with E-state index in [4.69, 9.17) is 0 Å². The highest BCUT2D eigenvalue weighted by Gasteiger charge is 2.14. The van der Waals surface area contributed by atoms with Crippen molar-refractivity contribution in [3.63, 3.8) is 0 Å². The first-order chi connectivity index (χ1) is 17.8. The lowest BCUT2D eigenvalue weighted by Crippen LogP contribution is -2.32. The average Bonchev–Trinajstić information content (AvgIpc) is 2.90. The quantitative estimate of drug-likeness (QED) is 0.220. The molecule has 0 unspecified atom stereocenters. The zero-order chi connectivity index (χ0) is 26.8. The van der Waals surface area contributed by atoms with E-state index >= 15 is 0 Å². The third-order valence-electron chi connectivity index (χ3n) is 5.76. The van der Waals surface area contributed by atoms with Crippen LogP contribution in [0.25, 0.3) is 6.08 Å². The number of benzene rings is 3. The number of phenolic OH excluding ortho intramolecular Hbond substituents is 1. The fraction of sp³-hybridized carbons (Fsp3) is 0.207. The van der Waals surface area contributed by atoms with Crippen LogP contribution in [0.15, 0.2) is 83.6 Å². The highest BCUT2D eigenvalue weighted by atomic mass is 16.3. The number of anilines is 2. The predicted molar refractivity (Wildman–Crippen MR) is 150 cm³/mol. The number of phenols is 1. The van der Waals surface area contributed by atoms with Gasteiger partial charge in [-0.3, -0.25) is 9.59 Å². The van der Waals surface area contributed by atoms with Gasteiger partial charge in [-0.05, 0) is 61.9 Å². The largest absolute Gasteiger partial charge is 0.507 e. The van der Waals surface area contributed by atoms with Crippen LogP contribution in [-0.2, 0) is 4.79 Å². The molecule has 0 saturated heterocycles. The Morgan fingerprint density at radius 3 is 2.16 bits per heavy atom. The van der Waals surface area contributed by atoms with Gasteiger partial charge in [-0.1, -0.05) is 30.3 Å². The molecule has 3 rings (SSSR count). The number of amides is 2. The van der Waals surface area contributed by atoms with E-state index in [1.54, 1.807) is 42.5 Å². The molecule has 3 N–H and O–H groups in total. The standard InChI is InChI=1S/C29H33N5O3/c1-5-34(6-2)25-17-14-23(27(35)19-25)20-30-32-29(37)26(31-28(36)22-10-8-7-9-11-22)18-21-12-15-24(16-13-21)33(3)4/h7-20,35H,5-6H2,1-4H3,(H,31,36)(H,32,37). The van der Waals surface area contributed by atoms with E-state index in [2.05, 4.69) is 20.7 Å². The summed E-state index contributed by atoms with van der Waals surface area (Å²) in [6.07, 6.45) is 2.95. The first-order valence-electron chi connectivity index (χ1n) is 12.1. The number of rotatable bonds is 10. The molecule has 0 saturated carbocycles. The van der Waals surface area contributed by atoms with Gasteiger partial charge in [-0.2, -0.15) is 5.10 Å². The minimum Gasteiger partial charge on any atom is -0.507 e. The second-order valence-electron chi connectivity index (χ2n) is 8.48. The molecule has 37 heavy (non-hydrogen) atoms. The van der Waals surface area contributed by atoms with Gasteiger partial charge in [-0.25, -0.2) is 5.43 Å². The zero-order valence-electron chi connectivity index (χ0n) is 21.6. The molecule has 0 radical (unpaired) electrons. The summed E-state index contributed by atoms with van der Waals surface area (Å²) in [6, 6.07) is 21.5. The molecule has 3 aromatic carbocycles. The molecule has 3 aromatic rings. The summed E-state index contributed by atoms with van der Waals surface area (Å²) < 4.78 is 0. The van der Waals surface area contributed by atoms with Gasteiger partial charge < -0.3 is 20.2 Å². The summed E-state index contributed by atoms with van der Waals surface area (Å²) in [5.74, 6) is -0.964. The summed E-state index contributed by atoms with van der Waals surface area (Å²) >= 11 is 0. The second-order valence-corrected chi connectivity index (χ2v) is 8.48. The molecule has 0 aliphatic carbocycles. The van der Waals surface area contributed by atoms with Crippen LogP contribution in [0.2, 0.25) is 0 Å². The van der Waals surface area contributed by atoms with Crippen LogP contribution in [0, 0.1) is 0 Å². The minimum absolute atomic E-state index is 0.0321. The van der Waals surface area contributed by atoms with Crippen molar-refractivity contribution >= 4 is 35.5 Å². The maximum Gasteiger partial charge on any atom is 0.287 e. The van der Waals surface area contributed by atoms with Crippen molar-refractivity contribution in [2.24, 2.45) is 5.10 Å². The molecule has 0 bridgehead atoms. The van der Waals surface area contributed by atoms with Crippen LogP contribution in [0.3, 0.4) is 0 Å².